The lowest BCUT2D eigenvalue weighted by molar-refractivity contribution is -0.166. The highest BCUT2D eigenvalue weighted by Gasteiger charge is 2.58. The topological polar surface area (TPSA) is 74.6 Å². The van der Waals surface area contributed by atoms with Crippen LogP contribution in [0.15, 0.2) is 72.8 Å². The Balaban J connectivity index is 2.35. The second kappa shape index (κ2) is 8.27. The number of carbonyl (C=O) groups is 2. The zero-order valence-corrected chi connectivity index (χ0v) is 16.4. The molecule has 3 rings (SSSR count). The maximum atomic E-state index is 14.8. The summed E-state index contributed by atoms with van der Waals surface area (Å²) in [5.74, 6) is -2.75. The van der Waals surface area contributed by atoms with Gasteiger partial charge in [0, 0.05) is 0 Å². The van der Waals surface area contributed by atoms with Crippen LogP contribution in [0.25, 0.3) is 0 Å². The molecular weight excluding hydrogens is 454 g/mol. The van der Waals surface area contributed by atoms with Crippen LogP contribution in [0.2, 0.25) is 0 Å². The molecule has 0 heterocycles. The first-order valence-corrected chi connectivity index (χ1v) is 9.20. The van der Waals surface area contributed by atoms with Crippen LogP contribution in [0, 0.1) is 0 Å². The van der Waals surface area contributed by atoms with Crippen molar-refractivity contribution in [3.05, 3.63) is 106 Å². The van der Waals surface area contributed by atoms with Crippen LogP contribution in [0.1, 0.15) is 43.0 Å². The Labute approximate surface area is 182 Å². The number of hydrogen-bond acceptors (Lipinski definition) is 2. The predicted molar refractivity (Wildman–Crippen MR) is 104 cm³/mol. The minimum atomic E-state index is -5.11. The summed E-state index contributed by atoms with van der Waals surface area (Å²) >= 11 is 0. The molecule has 0 radical (unpaired) electrons. The number of carboxylic acids is 2. The summed E-state index contributed by atoms with van der Waals surface area (Å²) in [6, 6.07) is 9.97. The first-order chi connectivity index (χ1) is 15.3. The van der Waals surface area contributed by atoms with E-state index in [1.165, 1.54) is 0 Å². The zero-order chi connectivity index (χ0) is 24.6. The highest BCUT2D eigenvalue weighted by Crippen LogP contribution is 2.51. The fourth-order valence-electron chi connectivity index (χ4n) is 3.63. The number of alkyl halides is 6. The molecular formula is C23H14F6O4. The average molecular weight is 468 g/mol. The van der Waals surface area contributed by atoms with E-state index in [-0.39, 0.29) is 11.1 Å². The monoisotopic (exact) mass is 468 g/mol. The molecule has 0 saturated carbocycles. The van der Waals surface area contributed by atoms with Crippen molar-refractivity contribution in [2.75, 3.05) is 0 Å². The van der Waals surface area contributed by atoms with Crippen molar-refractivity contribution in [1.82, 2.24) is 0 Å². The van der Waals surface area contributed by atoms with E-state index in [0.29, 0.717) is 24.3 Å². The second-order valence-electron chi connectivity index (χ2n) is 7.09. The lowest BCUT2D eigenvalue weighted by Crippen LogP contribution is -2.44. The van der Waals surface area contributed by atoms with Gasteiger partial charge >= 0.3 is 24.3 Å². The summed E-state index contributed by atoms with van der Waals surface area (Å²) in [6.07, 6.45) is -9.88. The van der Waals surface area contributed by atoms with E-state index < -0.39 is 52.0 Å². The van der Waals surface area contributed by atoms with Gasteiger partial charge in [0.1, 0.15) is 5.41 Å². The lowest BCUT2D eigenvalue weighted by atomic mass is 9.68. The Morgan fingerprint density at radius 1 is 0.515 bits per heavy atom. The van der Waals surface area contributed by atoms with Gasteiger partial charge in [-0.25, -0.2) is 9.59 Å². The maximum absolute atomic E-state index is 14.8. The minimum absolute atomic E-state index is 0.288. The Morgan fingerprint density at radius 3 is 1.03 bits per heavy atom. The Hall–Kier alpha value is -3.82. The molecule has 0 saturated heterocycles. The molecule has 0 aliphatic carbocycles. The summed E-state index contributed by atoms with van der Waals surface area (Å²) in [6.45, 7) is 0. The molecule has 0 fully saturated rings. The standard InChI is InChI=1S/C23H14F6O4/c24-22(25,26)18-11-9-17(10-12-18)21(23(27,28)29,15-5-1-13(2-6-15)19(30)31)16-7-3-14(4-8-16)20(32)33/h1-12H,(H,30,31)(H,32,33). The van der Waals surface area contributed by atoms with Gasteiger partial charge in [-0.1, -0.05) is 36.4 Å². The zero-order valence-electron chi connectivity index (χ0n) is 16.4. The van der Waals surface area contributed by atoms with Crippen LogP contribution in [0.3, 0.4) is 0 Å². The van der Waals surface area contributed by atoms with Gasteiger partial charge in [0.15, 0.2) is 0 Å². The normalized spacial score (nSPS) is 12.4. The highest BCUT2D eigenvalue weighted by atomic mass is 19.4. The lowest BCUT2D eigenvalue weighted by Gasteiger charge is -2.37. The fraction of sp³-hybridized carbons (Fsp3) is 0.130. The Kier molecular flexibility index (Phi) is 5.97. The Morgan fingerprint density at radius 2 is 0.788 bits per heavy atom. The maximum Gasteiger partial charge on any atom is 0.416 e. The molecule has 0 unspecified atom stereocenters. The van der Waals surface area contributed by atoms with Crippen molar-refractivity contribution in [1.29, 1.82) is 0 Å². The van der Waals surface area contributed by atoms with Gasteiger partial charge in [-0.3, -0.25) is 0 Å². The number of benzene rings is 3. The summed E-state index contributed by atoms with van der Waals surface area (Å²) < 4.78 is 83.5. The highest BCUT2D eigenvalue weighted by molar-refractivity contribution is 5.88. The molecule has 0 atom stereocenters. The molecule has 33 heavy (non-hydrogen) atoms. The Bertz CT molecular complexity index is 1100. The van der Waals surface area contributed by atoms with Crippen LogP contribution >= 0.6 is 0 Å². The van der Waals surface area contributed by atoms with Crippen molar-refractivity contribution in [3.8, 4) is 0 Å². The van der Waals surface area contributed by atoms with Gasteiger partial charge in [0.25, 0.3) is 0 Å². The van der Waals surface area contributed by atoms with Crippen LogP contribution in [-0.4, -0.2) is 28.3 Å². The van der Waals surface area contributed by atoms with E-state index in [1.54, 1.807) is 0 Å². The van der Waals surface area contributed by atoms with Gasteiger partial charge in [-0.2, -0.15) is 26.3 Å². The van der Waals surface area contributed by atoms with Crippen molar-refractivity contribution in [3.63, 3.8) is 0 Å². The van der Waals surface area contributed by atoms with E-state index in [0.717, 1.165) is 48.5 Å². The molecule has 0 aliphatic rings. The quantitative estimate of drug-likeness (QED) is 0.356. The van der Waals surface area contributed by atoms with Crippen LogP contribution in [0.5, 0.6) is 0 Å². The summed E-state index contributed by atoms with van der Waals surface area (Å²) in [7, 11) is 0. The van der Waals surface area contributed by atoms with Crippen molar-refractivity contribution in [2.24, 2.45) is 0 Å². The summed E-state index contributed by atoms with van der Waals surface area (Å²) in [4.78, 5) is 22.3. The van der Waals surface area contributed by atoms with Gasteiger partial charge in [0.05, 0.1) is 16.7 Å². The molecule has 172 valence electrons. The van der Waals surface area contributed by atoms with Crippen LogP contribution < -0.4 is 0 Å². The summed E-state index contributed by atoms with van der Waals surface area (Å²) in [5, 5.41) is 18.2. The third-order valence-corrected chi connectivity index (χ3v) is 5.20. The molecule has 0 aliphatic heterocycles. The fourth-order valence-corrected chi connectivity index (χ4v) is 3.63. The summed E-state index contributed by atoms with van der Waals surface area (Å²) in [5.41, 5.74) is -6.21. The number of carboxylic acid groups (broad SMARTS) is 2. The molecule has 3 aromatic rings. The van der Waals surface area contributed by atoms with Gasteiger partial charge in [-0.15, -0.1) is 0 Å². The molecule has 2 N–H and O–H groups in total. The number of aromatic carboxylic acids is 2. The molecule has 0 amide bonds. The molecule has 0 spiro atoms. The van der Waals surface area contributed by atoms with Gasteiger partial charge in [-0.05, 0) is 53.1 Å². The van der Waals surface area contributed by atoms with E-state index in [2.05, 4.69) is 0 Å². The van der Waals surface area contributed by atoms with E-state index in [1.807, 2.05) is 0 Å². The first kappa shape index (κ1) is 23.8. The molecule has 3 aromatic carbocycles. The van der Waals surface area contributed by atoms with E-state index in [4.69, 9.17) is 10.2 Å². The molecule has 0 aromatic heterocycles. The average Bonchev–Trinajstić information content (AvgIpc) is 2.74. The SMILES string of the molecule is O=C(O)c1ccc(C(c2ccc(C(=O)O)cc2)(c2ccc(C(F)(F)F)cc2)C(F)(F)F)cc1. The van der Waals surface area contributed by atoms with Crippen molar-refractivity contribution >= 4 is 11.9 Å². The third kappa shape index (κ3) is 4.28. The van der Waals surface area contributed by atoms with Gasteiger partial charge in [0.2, 0.25) is 0 Å². The predicted octanol–water partition coefficient (Wildman–Crippen LogP) is 6.00. The number of rotatable bonds is 5. The largest absolute Gasteiger partial charge is 0.478 e. The first-order valence-electron chi connectivity index (χ1n) is 9.20. The smallest absolute Gasteiger partial charge is 0.416 e. The minimum Gasteiger partial charge on any atom is -0.478 e. The number of halogens is 6. The van der Waals surface area contributed by atoms with Crippen LogP contribution in [0.4, 0.5) is 26.3 Å². The van der Waals surface area contributed by atoms with E-state index >= 15 is 0 Å². The molecule has 4 nitrogen and oxygen atoms in total. The van der Waals surface area contributed by atoms with E-state index in [9.17, 15) is 35.9 Å². The van der Waals surface area contributed by atoms with Crippen LogP contribution in [-0.2, 0) is 11.6 Å². The van der Waals surface area contributed by atoms with Crippen molar-refractivity contribution < 1.29 is 46.1 Å². The van der Waals surface area contributed by atoms with Crippen molar-refractivity contribution in [2.45, 2.75) is 17.8 Å². The van der Waals surface area contributed by atoms with Gasteiger partial charge < -0.3 is 10.2 Å². The third-order valence-electron chi connectivity index (χ3n) is 5.20. The molecule has 10 heteroatoms. The number of hydrogen-bond donors (Lipinski definition) is 2. The second-order valence-corrected chi connectivity index (χ2v) is 7.09. The molecule has 0 bridgehead atoms.